The zero-order valence-electron chi connectivity index (χ0n) is 12.8. The maximum Gasteiger partial charge on any atom is 0.494 e. The van der Waals surface area contributed by atoms with Crippen molar-refractivity contribution in [2.75, 3.05) is 0 Å². The van der Waals surface area contributed by atoms with Gasteiger partial charge in [-0.1, -0.05) is 24.3 Å². The van der Waals surface area contributed by atoms with E-state index >= 15 is 0 Å². The molecule has 0 atom stereocenters. The maximum atomic E-state index is 11.0. The summed E-state index contributed by atoms with van der Waals surface area (Å²) in [7, 11) is -0.364. The Bertz CT molecular complexity index is 498. The summed E-state index contributed by atoms with van der Waals surface area (Å²) in [6, 6.07) is 7.93. The Morgan fingerprint density at radius 2 is 1.80 bits per heavy atom. The molecule has 1 aromatic rings. The Morgan fingerprint density at radius 3 is 2.35 bits per heavy atom. The molecule has 20 heavy (non-hydrogen) atoms. The van der Waals surface area contributed by atoms with Gasteiger partial charge in [-0.05, 0) is 38.7 Å². The zero-order valence-corrected chi connectivity index (χ0v) is 12.8. The third kappa shape index (κ3) is 3.05. The number of carbonyl (C=O) groups excluding carboxylic acids is 1. The quantitative estimate of drug-likeness (QED) is 0.853. The lowest BCUT2D eigenvalue weighted by atomic mass is 9.78. The minimum Gasteiger partial charge on any atom is -0.399 e. The lowest BCUT2D eigenvalue weighted by Gasteiger charge is -2.32. The van der Waals surface area contributed by atoms with Gasteiger partial charge in [-0.2, -0.15) is 0 Å². The van der Waals surface area contributed by atoms with Crippen LogP contribution in [0.4, 0.5) is 0 Å². The van der Waals surface area contributed by atoms with Crippen LogP contribution in [0.1, 0.15) is 40.2 Å². The number of benzene rings is 1. The van der Waals surface area contributed by atoms with Gasteiger partial charge in [0.1, 0.15) is 0 Å². The fraction of sp³-hybridized carbons (Fsp3) is 0.533. The topological polar surface area (TPSA) is 47.6 Å². The van der Waals surface area contributed by atoms with Crippen molar-refractivity contribution in [1.82, 2.24) is 5.32 Å². The third-order valence-electron chi connectivity index (χ3n) is 4.02. The van der Waals surface area contributed by atoms with Crippen LogP contribution in [0, 0.1) is 0 Å². The van der Waals surface area contributed by atoms with Crippen LogP contribution < -0.4 is 10.8 Å². The van der Waals surface area contributed by atoms with Gasteiger partial charge in [-0.15, -0.1) is 0 Å². The van der Waals surface area contributed by atoms with Gasteiger partial charge in [0.2, 0.25) is 5.91 Å². The number of hydrogen-bond acceptors (Lipinski definition) is 3. The van der Waals surface area contributed by atoms with Crippen molar-refractivity contribution in [3.63, 3.8) is 0 Å². The molecule has 0 radical (unpaired) electrons. The molecule has 0 aliphatic carbocycles. The second-order valence-electron chi connectivity index (χ2n) is 6.24. The highest BCUT2D eigenvalue weighted by Gasteiger charge is 2.51. The Morgan fingerprint density at radius 1 is 1.20 bits per heavy atom. The molecule has 1 aliphatic heterocycles. The second-order valence-corrected chi connectivity index (χ2v) is 6.24. The molecule has 1 fully saturated rings. The largest absolute Gasteiger partial charge is 0.494 e. The molecule has 0 saturated carbocycles. The van der Waals surface area contributed by atoms with Crippen molar-refractivity contribution >= 4 is 18.5 Å². The zero-order chi connectivity index (χ0) is 15.0. The molecule has 108 valence electrons. The number of hydrogen-bond donors (Lipinski definition) is 1. The molecule has 0 aromatic heterocycles. The fourth-order valence-corrected chi connectivity index (χ4v) is 2.06. The molecule has 0 spiro atoms. The van der Waals surface area contributed by atoms with E-state index in [1.54, 1.807) is 0 Å². The van der Waals surface area contributed by atoms with Crippen LogP contribution in [0.25, 0.3) is 0 Å². The van der Waals surface area contributed by atoms with Crippen molar-refractivity contribution in [2.45, 2.75) is 52.4 Å². The molecule has 1 aliphatic rings. The van der Waals surface area contributed by atoms with E-state index < -0.39 is 0 Å². The lowest BCUT2D eigenvalue weighted by Crippen LogP contribution is -2.41. The third-order valence-corrected chi connectivity index (χ3v) is 4.02. The Hall–Kier alpha value is -1.33. The number of rotatable bonds is 3. The van der Waals surface area contributed by atoms with E-state index in [0.717, 1.165) is 11.0 Å². The molecule has 0 bridgehead atoms. The summed E-state index contributed by atoms with van der Waals surface area (Å²) in [6.07, 6.45) is 0. The minimum atomic E-state index is -0.364. The summed E-state index contributed by atoms with van der Waals surface area (Å²) in [5.74, 6) is -0.0361. The van der Waals surface area contributed by atoms with Gasteiger partial charge in [0.15, 0.2) is 0 Å². The van der Waals surface area contributed by atoms with Crippen LogP contribution in [-0.4, -0.2) is 24.2 Å². The van der Waals surface area contributed by atoms with E-state index in [1.807, 2.05) is 52.0 Å². The molecule has 5 heteroatoms. The number of nitrogens with one attached hydrogen (secondary N) is 1. The molecule has 0 unspecified atom stereocenters. The van der Waals surface area contributed by atoms with Crippen molar-refractivity contribution in [1.29, 1.82) is 0 Å². The van der Waals surface area contributed by atoms with E-state index in [-0.39, 0.29) is 24.2 Å². The van der Waals surface area contributed by atoms with Crippen molar-refractivity contribution < 1.29 is 14.1 Å². The van der Waals surface area contributed by atoms with E-state index in [1.165, 1.54) is 6.92 Å². The standard InChI is InChI=1S/C15H22BNO3/c1-11(18)17-10-12-7-6-8-13(9-12)16-19-14(2,3)15(4,5)20-16/h6-9H,10H2,1-5H3,(H,17,18). The molecule has 1 N–H and O–H groups in total. The first-order valence-electron chi connectivity index (χ1n) is 6.90. The van der Waals surface area contributed by atoms with Crippen LogP contribution in [-0.2, 0) is 20.6 Å². The average Bonchev–Trinajstić information content (AvgIpc) is 2.56. The number of carbonyl (C=O) groups is 1. The molecule has 1 amide bonds. The predicted molar refractivity (Wildman–Crippen MR) is 79.7 cm³/mol. The van der Waals surface area contributed by atoms with Crippen molar-refractivity contribution in [2.24, 2.45) is 0 Å². The summed E-state index contributed by atoms with van der Waals surface area (Å²) < 4.78 is 12.0. The van der Waals surface area contributed by atoms with Crippen LogP contribution >= 0.6 is 0 Å². The smallest absolute Gasteiger partial charge is 0.399 e. The summed E-state index contributed by atoms with van der Waals surface area (Å²) in [5.41, 5.74) is 1.33. The lowest BCUT2D eigenvalue weighted by molar-refractivity contribution is -0.119. The maximum absolute atomic E-state index is 11.0. The van der Waals surface area contributed by atoms with Gasteiger partial charge in [-0.25, -0.2) is 0 Å². The van der Waals surface area contributed by atoms with Crippen LogP contribution in [0.15, 0.2) is 24.3 Å². The molecule has 4 nitrogen and oxygen atoms in total. The second kappa shape index (κ2) is 5.22. The Kier molecular flexibility index (Phi) is 3.94. The van der Waals surface area contributed by atoms with Crippen LogP contribution in [0.3, 0.4) is 0 Å². The molecule has 1 heterocycles. The first-order chi connectivity index (χ1) is 9.21. The van der Waals surface area contributed by atoms with Gasteiger partial charge in [0.05, 0.1) is 11.2 Å². The van der Waals surface area contributed by atoms with Gasteiger partial charge >= 0.3 is 7.12 Å². The molecule has 1 saturated heterocycles. The van der Waals surface area contributed by atoms with Gasteiger partial charge in [-0.3, -0.25) is 4.79 Å². The van der Waals surface area contributed by atoms with Crippen LogP contribution in [0.5, 0.6) is 0 Å². The van der Waals surface area contributed by atoms with E-state index in [4.69, 9.17) is 9.31 Å². The summed E-state index contributed by atoms with van der Waals surface area (Å²) in [5, 5.41) is 2.79. The summed E-state index contributed by atoms with van der Waals surface area (Å²) in [6.45, 7) is 10.2. The Labute approximate surface area is 121 Å². The summed E-state index contributed by atoms with van der Waals surface area (Å²) in [4.78, 5) is 11.0. The van der Waals surface area contributed by atoms with Crippen molar-refractivity contribution in [3.8, 4) is 0 Å². The minimum absolute atomic E-state index is 0.0361. The van der Waals surface area contributed by atoms with E-state index in [2.05, 4.69) is 5.32 Å². The number of amides is 1. The van der Waals surface area contributed by atoms with Gasteiger partial charge < -0.3 is 14.6 Å². The highest BCUT2D eigenvalue weighted by molar-refractivity contribution is 6.62. The highest BCUT2D eigenvalue weighted by Crippen LogP contribution is 2.36. The SMILES string of the molecule is CC(=O)NCc1cccc(B2OC(C)(C)C(C)(C)O2)c1. The van der Waals surface area contributed by atoms with E-state index in [9.17, 15) is 4.79 Å². The van der Waals surface area contributed by atoms with Gasteiger partial charge in [0, 0.05) is 13.5 Å². The Balaban J connectivity index is 2.14. The fourth-order valence-electron chi connectivity index (χ4n) is 2.06. The van der Waals surface area contributed by atoms with Crippen molar-refractivity contribution in [3.05, 3.63) is 29.8 Å². The molecule has 1 aromatic carbocycles. The first-order valence-corrected chi connectivity index (χ1v) is 6.90. The predicted octanol–water partition coefficient (Wildman–Crippen LogP) is 1.62. The van der Waals surface area contributed by atoms with E-state index in [0.29, 0.717) is 6.54 Å². The highest BCUT2D eigenvalue weighted by atomic mass is 16.7. The molecule has 2 rings (SSSR count). The normalized spacial score (nSPS) is 19.9. The monoisotopic (exact) mass is 275 g/mol. The average molecular weight is 275 g/mol. The molecular weight excluding hydrogens is 253 g/mol. The van der Waals surface area contributed by atoms with Crippen LogP contribution in [0.2, 0.25) is 0 Å². The molecular formula is C15H22BNO3. The summed E-state index contributed by atoms with van der Waals surface area (Å²) >= 11 is 0. The van der Waals surface area contributed by atoms with Gasteiger partial charge in [0.25, 0.3) is 0 Å². The first kappa shape index (κ1) is 15.1.